The molecular weight excluding hydrogens is 444 g/mol. The summed E-state index contributed by atoms with van der Waals surface area (Å²) in [7, 11) is 1.58. The fourth-order valence-corrected chi connectivity index (χ4v) is 3.00. The molecule has 152 valence electrons. The Morgan fingerprint density at radius 1 is 0.967 bits per heavy atom. The number of amides is 2. The van der Waals surface area contributed by atoms with Crippen molar-refractivity contribution < 1.29 is 14.3 Å². The Labute approximate surface area is 183 Å². The highest BCUT2D eigenvalue weighted by Crippen LogP contribution is 2.17. The van der Waals surface area contributed by atoms with E-state index in [4.69, 9.17) is 4.74 Å². The van der Waals surface area contributed by atoms with Crippen LogP contribution in [0.15, 0.2) is 83.0 Å². The minimum atomic E-state index is -0.427. The average molecular weight is 465 g/mol. The molecule has 0 aliphatic heterocycles. The number of ether oxygens (including phenoxy) is 1. The van der Waals surface area contributed by atoms with Gasteiger partial charge < -0.3 is 15.4 Å². The minimum absolute atomic E-state index is 0.139. The van der Waals surface area contributed by atoms with Gasteiger partial charge in [-0.05, 0) is 67.1 Å². The summed E-state index contributed by atoms with van der Waals surface area (Å²) >= 11 is 3.39. The molecule has 3 rings (SSSR count). The summed E-state index contributed by atoms with van der Waals surface area (Å²) in [5.41, 5.74) is 2.95. The number of aryl methyl sites for hydroxylation is 1. The van der Waals surface area contributed by atoms with E-state index in [9.17, 15) is 9.59 Å². The number of halogens is 1. The molecule has 0 aromatic heterocycles. The average Bonchev–Trinajstić information content (AvgIpc) is 2.75. The molecular formula is C24H21BrN2O3. The highest BCUT2D eigenvalue weighted by Gasteiger charge is 2.15. The zero-order valence-corrected chi connectivity index (χ0v) is 18.2. The molecule has 0 saturated heterocycles. The summed E-state index contributed by atoms with van der Waals surface area (Å²) in [6.45, 7) is 1.91. The first kappa shape index (κ1) is 21.3. The van der Waals surface area contributed by atoms with Crippen molar-refractivity contribution in [3.63, 3.8) is 0 Å². The standard InChI is InChI=1S/C24H21BrN2O3/c1-16-4-3-5-18(14-16)23(28)27-22(15-17-6-8-19(25)9-7-17)24(29)26-20-10-12-21(30-2)13-11-20/h3-15H,1-2H3,(H,26,29)(H,27,28). The molecule has 0 bridgehead atoms. The molecule has 0 atom stereocenters. The number of hydrogen-bond acceptors (Lipinski definition) is 3. The maximum Gasteiger partial charge on any atom is 0.272 e. The first-order valence-electron chi connectivity index (χ1n) is 9.25. The highest BCUT2D eigenvalue weighted by atomic mass is 79.9. The fraction of sp³-hybridized carbons (Fsp3) is 0.0833. The van der Waals surface area contributed by atoms with Crippen LogP contribution in [0.4, 0.5) is 5.69 Å². The predicted molar refractivity (Wildman–Crippen MR) is 122 cm³/mol. The van der Waals surface area contributed by atoms with Gasteiger partial charge in [-0.1, -0.05) is 45.8 Å². The van der Waals surface area contributed by atoms with E-state index in [-0.39, 0.29) is 11.6 Å². The van der Waals surface area contributed by atoms with Gasteiger partial charge in [0.05, 0.1) is 7.11 Å². The van der Waals surface area contributed by atoms with Gasteiger partial charge in [0.2, 0.25) is 0 Å². The first-order chi connectivity index (χ1) is 14.4. The highest BCUT2D eigenvalue weighted by molar-refractivity contribution is 9.10. The monoisotopic (exact) mass is 464 g/mol. The Bertz CT molecular complexity index is 1070. The van der Waals surface area contributed by atoms with E-state index in [1.165, 1.54) is 0 Å². The molecule has 5 nitrogen and oxygen atoms in total. The van der Waals surface area contributed by atoms with Crippen LogP contribution in [0, 0.1) is 6.92 Å². The molecule has 2 N–H and O–H groups in total. The van der Waals surface area contributed by atoms with E-state index in [0.29, 0.717) is 17.0 Å². The third kappa shape index (κ3) is 5.81. The van der Waals surface area contributed by atoms with Gasteiger partial charge in [-0.3, -0.25) is 9.59 Å². The van der Waals surface area contributed by atoms with Crippen molar-refractivity contribution in [3.05, 3.63) is 99.7 Å². The Morgan fingerprint density at radius 3 is 2.30 bits per heavy atom. The summed E-state index contributed by atoms with van der Waals surface area (Å²) in [4.78, 5) is 25.7. The minimum Gasteiger partial charge on any atom is -0.497 e. The summed E-state index contributed by atoms with van der Waals surface area (Å²) in [6, 6.07) is 21.6. The van der Waals surface area contributed by atoms with Crippen LogP contribution in [-0.4, -0.2) is 18.9 Å². The molecule has 0 radical (unpaired) electrons. The summed E-state index contributed by atoms with van der Waals surface area (Å²) in [5.74, 6) is -0.0950. The number of carbonyl (C=O) groups is 2. The van der Waals surface area contributed by atoms with Gasteiger partial charge in [-0.15, -0.1) is 0 Å². The van der Waals surface area contributed by atoms with Crippen molar-refractivity contribution >= 4 is 39.5 Å². The molecule has 3 aromatic carbocycles. The molecule has 0 saturated carbocycles. The number of methoxy groups -OCH3 is 1. The van der Waals surface area contributed by atoms with E-state index in [1.54, 1.807) is 55.7 Å². The number of rotatable bonds is 6. The third-order valence-corrected chi connectivity index (χ3v) is 4.83. The van der Waals surface area contributed by atoms with Crippen LogP contribution in [-0.2, 0) is 4.79 Å². The van der Waals surface area contributed by atoms with Crippen LogP contribution in [0.25, 0.3) is 6.08 Å². The molecule has 3 aromatic rings. The van der Waals surface area contributed by atoms with Gasteiger partial charge in [-0.25, -0.2) is 0 Å². The van der Waals surface area contributed by atoms with Crippen molar-refractivity contribution in [3.8, 4) is 5.75 Å². The lowest BCUT2D eigenvalue weighted by atomic mass is 10.1. The smallest absolute Gasteiger partial charge is 0.272 e. The Kier molecular flexibility index (Phi) is 7.03. The van der Waals surface area contributed by atoms with Gasteiger partial charge in [0.25, 0.3) is 11.8 Å². The molecule has 0 unspecified atom stereocenters. The third-order valence-electron chi connectivity index (χ3n) is 4.30. The maximum absolute atomic E-state index is 12.9. The van der Waals surface area contributed by atoms with E-state index < -0.39 is 5.91 Å². The Hall–Kier alpha value is -3.38. The lowest BCUT2D eigenvalue weighted by Gasteiger charge is -2.12. The zero-order valence-electron chi connectivity index (χ0n) is 16.6. The second-order valence-electron chi connectivity index (χ2n) is 6.62. The summed E-state index contributed by atoms with van der Waals surface area (Å²) < 4.78 is 6.06. The van der Waals surface area contributed by atoms with Crippen molar-refractivity contribution in [2.45, 2.75) is 6.92 Å². The molecule has 0 heterocycles. The summed E-state index contributed by atoms with van der Waals surface area (Å²) in [5, 5.41) is 5.55. The molecule has 30 heavy (non-hydrogen) atoms. The summed E-state index contributed by atoms with van der Waals surface area (Å²) in [6.07, 6.45) is 1.64. The SMILES string of the molecule is COc1ccc(NC(=O)C(=Cc2ccc(Br)cc2)NC(=O)c2cccc(C)c2)cc1. The Morgan fingerprint density at radius 2 is 1.67 bits per heavy atom. The van der Waals surface area contributed by atoms with Crippen molar-refractivity contribution in [1.82, 2.24) is 5.32 Å². The number of hydrogen-bond donors (Lipinski definition) is 2. The van der Waals surface area contributed by atoms with Crippen LogP contribution in [0.1, 0.15) is 21.5 Å². The zero-order chi connectivity index (χ0) is 21.5. The van der Waals surface area contributed by atoms with Crippen LogP contribution in [0.3, 0.4) is 0 Å². The van der Waals surface area contributed by atoms with E-state index in [1.807, 2.05) is 37.3 Å². The lowest BCUT2D eigenvalue weighted by molar-refractivity contribution is -0.113. The fourth-order valence-electron chi connectivity index (χ4n) is 2.74. The van der Waals surface area contributed by atoms with Crippen molar-refractivity contribution in [2.75, 3.05) is 12.4 Å². The van der Waals surface area contributed by atoms with Crippen LogP contribution >= 0.6 is 15.9 Å². The van der Waals surface area contributed by atoms with Gasteiger partial charge in [0, 0.05) is 15.7 Å². The van der Waals surface area contributed by atoms with E-state index >= 15 is 0 Å². The number of anilines is 1. The molecule has 0 aliphatic carbocycles. The predicted octanol–water partition coefficient (Wildman–Crippen LogP) is 5.18. The number of carbonyl (C=O) groups excluding carboxylic acids is 2. The van der Waals surface area contributed by atoms with Crippen molar-refractivity contribution in [1.29, 1.82) is 0 Å². The molecule has 2 amide bonds. The molecule has 0 fully saturated rings. The van der Waals surface area contributed by atoms with Crippen molar-refractivity contribution in [2.24, 2.45) is 0 Å². The van der Waals surface area contributed by atoms with Crippen LogP contribution in [0.5, 0.6) is 5.75 Å². The first-order valence-corrected chi connectivity index (χ1v) is 10.0. The van der Waals surface area contributed by atoms with Gasteiger partial charge >= 0.3 is 0 Å². The Balaban J connectivity index is 1.86. The van der Waals surface area contributed by atoms with Crippen LogP contribution < -0.4 is 15.4 Å². The van der Waals surface area contributed by atoms with Crippen LogP contribution in [0.2, 0.25) is 0 Å². The van der Waals surface area contributed by atoms with Gasteiger partial charge in [0.1, 0.15) is 11.4 Å². The topological polar surface area (TPSA) is 67.4 Å². The molecule has 0 aliphatic rings. The number of nitrogens with one attached hydrogen (secondary N) is 2. The number of benzene rings is 3. The maximum atomic E-state index is 12.9. The quantitative estimate of drug-likeness (QED) is 0.494. The largest absolute Gasteiger partial charge is 0.497 e. The normalized spacial score (nSPS) is 11.0. The second-order valence-corrected chi connectivity index (χ2v) is 7.53. The van der Waals surface area contributed by atoms with Gasteiger partial charge in [-0.2, -0.15) is 0 Å². The lowest BCUT2D eigenvalue weighted by Crippen LogP contribution is -2.30. The second kappa shape index (κ2) is 9.89. The van der Waals surface area contributed by atoms with Gasteiger partial charge in [0.15, 0.2) is 0 Å². The molecule has 0 spiro atoms. The van der Waals surface area contributed by atoms with E-state index in [2.05, 4.69) is 26.6 Å². The molecule has 6 heteroatoms. The van der Waals surface area contributed by atoms with E-state index in [0.717, 1.165) is 15.6 Å².